The van der Waals surface area contributed by atoms with Crippen LogP contribution in [-0.2, 0) is 0 Å². The first-order chi connectivity index (χ1) is 23.9. The van der Waals surface area contributed by atoms with Crippen molar-refractivity contribution < 1.29 is 0 Å². The minimum atomic E-state index is 0.0848. The minimum Gasteiger partial charge on any atom is -0.307 e. The Kier molecular flexibility index (Phi) is 3.84. The maximum absolute atomic E-state index is 2.72. The van der Waals surface area contributed by atoms with E-state index in [-0.39, 0.29) is 13.4 Å². The Balaban J connectivity index is 1.38. The van der Waals surface area contributed by atoms with Crippen LogP contribution in [0, 0.1) is 0 Å². The fourth-order valence-corrected chi connectivity index (χ4v) is 13.0. The van der Waals surface area contributed by atoms with Crippen molar-refractivity contribution in [3.8, 4) is 11.1 Å². The lowest BCUT2D eigenvalue weighted by atomic mass is 9.34. The summed E-state index contributed by atoms with van der Waals surface area (Å²) in [6, 6.07) is 46.1. The number of rotatable bonds is 3. The zero-order chi connectivity index (χ0) is 30.6. The zero-order valence-electron chi connectivity index (χ0n) is 25.4. The normalized spacial score (nSPS) is 13.8. The van der Waals surface area contributed by atoms with Crippen LogP contribution < -0.4 is 32.8 Å². The van der Waals surface area contributed by atoms with Gasteiger partial charge in [0.2, 0.25) is 6.71 Å². The van der Waals surface area contributed by atoms with Crippen molar-refractivity contribution in [2.75, 3.05) is 0 Å². The van der Waals surface area contributed by atoms with Crippen molar-refractivity contribution in [1.29, 1.82) is 0 Å². The van der Waals surface area contributed by atoms with Crippen LogP contribution in [0.25, 0.3) is 84.6 Å². The third-order valence-corrected chi connectivity index (χ3v) is 14.3. The van der Waals surface area contributed by atoms with Gasteiger partial charge in [0.15, 0.2) is 0 Å². The van der Waals surface area contributed by atoms with E-state index in [9.17, 15) is 0 Å². The van der Waals surface area contributed by atoms with E-state index in [2.05, 4.69) is 130 Å². The van der Waals surface area contributed by atoms with Crippen LogP contribution in [0.5, 0.6) is 0 Å². The minimum absolute atomic E-state index is 0.0848. The Labute approximate surface area is 282 Å². The molecule has 0 unspecified atom stereocenters. The molecule has 0 atom stereocenters. The number of hydrogen-bond donors (Lipinski definition) is 0. The highest BCUT2D eigenvalue weighted by atomic mass is 32.1. The van der Waals surface area contributed by atoms with Gasteiger partial charge in [-0.3, -0.25) is 0 Å². The van der Waals surface area contributed by atoms with Gasteiger partial charge in [-0.05, 0) is 45.1 Å². The van der Waals surface area contributed by atoms with Crippen molar-refractivity contribution in [3.63, 3.8) is 0 Å². The Bertz CT molecular complexity index is 3130. The standard InChI is InChI=1S/C42H20B2N2S2/c1-3-9-21(10-4-1)43(22-11-5-2-6-12-22)34-41-39-33-40-42(34)48-30-16-8-14-26-28-20-18-24-23-17-19-27-25-13-7-15-29(47-41)35(25)45(39)37(27)31(23)44(33)32(24)38(28)46(40)36(26)30/h1-20H. The van der Waals surface area contributed by atoms with Crippen LogP contribution in [0.1, 0.15) is 0 Å². The zero-order valence-corrected chi connectivity index (χ0v) is 27.0. The Morgan fingerprint density at radius 2 is 0.896 bits per heavy atom. The van der Waals surface area contributed by atoms with E-state index in [1.807, 2.05) is 22.7 Å². The third kappa shape index (κ3) is 2.37. The molecule has 7 heterocycles. The van der Waals surface area contributed by atoms with Gasteiger partial charge in [-0.15, -0.1) is 22.7 Å². The Hall–Kier alpha value is -5.29. The largest absolute Gasteiger partial charge is 0.307 e. The monoisotopic (exact) mass is 638 g/mol. The highest BCUT2D eigenvalue weighted by molar-refractivity contribution is 7.31. The topological polar surface area (TPSA) is 8.82 Å². The highest BCUT2D eigenvalue weighted by Gasteiger charge is 2.47. The number of fused-ring (bicyclic) bond motifs is 3. The molecule has 3 aliphatic heterocycles. The van der Waals surface area contributed by atoms with Crippen molar-refractivity contribution in [2.45, 2.75) is 0 Å². The van der Waals surface area contributed by atoms with Gasteiger partial charge in [0.05, 0.1) is 42.5 Å². The summed E-state index contributed by atoms with van der Waals surface area (Å²) < 4.78 is 11.0. The quantitative estimate of drug-likeness (QED) is 0.148. The van der Waals surface area contributed by atoms with Gasteiger partial charge in [0, 0.05) is 30.9 Å². The first kappa shape index (κ1) is 23.9. The number of aromatic nitrogens is 2. The molecule has 0 aliphatic carbocycles. The van der Waals surface area contributed by atoms with Crippen LogP contribution in [0.3, 0.4) is 0 Å². The molecule has 14 rings (SSSR count). The summed E-state index contributed by atoms with van der Waals surface area (Å²) in [6.45, 7) is 0.324. The second-order valence-electron chi connectivity index (χ2n) is 13.9. The molecule has 0 spiro atoms. The maximum atomic E-state index is 2.72. The Morgan fingerprint density at radius 1 is 0.417 bits per heavy atom. The number of benzene rings is 7. The molecule has 11 aromatic rings. The van der Waals surface area contributed by atoms with Crippen LogP contribution in [0.4, 0.5) is 0 Å². The van der Waals surface area contributed by atoms with E-state index in [0.29, 0.717) is 0 Å². The first-order valence-corrected chi connectivity index (χ1v) is 18.4. The van der Waals surface area contributed by atoms with E-state index >= 15 is 0 Å². The van der Waals surface area contributed by atoms with E-state index in [1.54, 1.807) is 0 Å². The summed E-state index contributed by atoms with van der Waals surface area (Å²) in [6.07, 6.45) is 0. The van der Waals surface area contributed by atoms with E-state index in [0.717, 1.165) is 0 Å². The summed E-state index contributed by atoms with van der Waals surface area (Å²) in [5.41, 5.74) is 20.0. The second kappa shape index (κ2) is 7.71. The van der Waals surface area contributed by atoms with E-state index in [1.165, 1.54) is 117 Å². The second-order valence-corrected chi connectivity index (χ2v) is 16.0. The first-order valence-electron chi connectivity index (χ1n) is 16.8. The predicted octanol–water partition coefficient (Wildman–Crippen LogP) is 6.87. The molecule has 7 aromatic carbocycles. The molecule has 0 saturated heterocycles. The Morgan fingerprint density at radius 3 is 1.40 bits per heavy atom. The molecule has 3 aliphatic rings. The molecule has 0 amide bonds. The van der Waals surface area contributed by atoms with Crippen molar-refractivity contribution in [1.82, 2.24) is 8.80 Å². The lowest BCUT2D eigenvalue weighted by molar-refractivity contribution is 1.34. The smallest absolute Gasteiger partial charge is 0.253 e. The van der Waals surface area contributed by atoms with Gasteiger partial charge in [-0.25, -0.2) is 0 Å². The van der Waals surface area contributed by atoms with Gasteiger partial charge in [0.1, 0.15) is 0 Å². The molecule has 0 N–H and O–H groups in total. The predicted molar refractivity (Wildman–Crippen MR) is 210 cm³/mol. The molecule has 48 heavy (non-hydrogen) atoms. The summed E-state index contributed by atoms with van der Waals surface area (Å²) in [5.74, 6) is 0. The van der Waals surface area contributed by atoms with Crippen molar-refractivity contribution >= 4 is 142 Å². The highest BCUT2D eigenvalue weighted by Crippen LogP contribution is 2.47. The fraction of sp³-hybridized carbons (Fsp3) is 0. The molecule has 216 valence electrons. The SMILES string of the molecule is c1ccc(B(c2ccccc2)c2c3sc4cccc5c6ccc7c8c6n(c3c3c6c2sc2cccc9c%10ccc-7c(c%10n6c29)B38)c45)cc1. The molecule has 6 heteroatoms. The van der Waals surface area contributed by atoms with Gasteiger partial charge < -0.3 is 8.80 Å². The van der Waals surface area contributed by atoms with Crippen LogP contribution in [0.15, 0.2) is 121 Å². The molecule has 0 fully saturated rings. The van der Waals surface area contributed by atoms with E-state index in [4.69, 9.17) is 0 Å². The third-order valence-electron chi connectivity index (χ3n) is 11.9. The van der Waals surface area contributed by atoms with Crippen molar-refractivity contribution in [2.24, 2.45) is 0 Å². The molecule has 0 radical (unpaired) electrons. The number of para-hydroxylation sites is 2. The van der Waals surface area contributed by atoms with Crippen LogP contribution in [0.2, 0.25) is 0 Å². The van der Waals surface area contributed by atoms with E-state index < -0.39 is 0 Å². The fourth-order valence-electron chi connectivity index (χ4n) is 10.3. The lowest BCUT2D eigenvalue weighted by Gasteiger charge is -2.30. The van der Waals surface area contributed by atoms with Crippen LogP contribution in [-0.4, -0.2) is 22.2 Å². The average molecular weight is 638 g/mol. The molecule has 4 aromatic heterocycles. The van der Waals surface area contributed by atoms with Gasteiger partial charge in [0.25, 0.3) is 6.71 Å². The number of hydrogen-bond acceptors (Lipinski definition) is 2. The van der Waals surface area contributed by atoms with Crippen LogP contribution >= 0.6 is 22.7 Å². The summed E-state index contributed by atoms with van der Waals surface area (Å²) in [7, 11) is 0. The lowest BCUT2D eigenvalue weighted by Crippen LogP contribution is -2.57. The molecule has 0 bridgehead atoms. The van der Waals surface area contributed by atoms with Gasteiger partial charge in [-0.2, -0.15) is 0 Å². The summed E-state index contributed by atoms with van der Waals surface area (Å²) in [4.78, 5) is 0. The van der Waals surface area contributed by atoms with Crippen molar-refractivity contribution in [3.05, 3.63) is 121 Å². The van der Waals surface area contributed by atoms with Gasteiger partial charge >= 0.3 is 0 Å². The molecular weight excluding hydrogens is 618 g/mol. The van der Waals surface area contributed by atoms with Gasteiger partial charge in [-0.1, -0.05) is 120 Å². The summed E-state index contributed by atoms with van der Waals surface area (Å²) in [5, 5.41) is 5.52. The summed E-state index contributed by atoms with van der Waals surface area (Å²) >= 11 is 4.02. The number of nitrogens with zero attached hydrogens (tertiary/aromatic N) is 2. The molecule has 0 saturated carbocycles. The molecule has 2 nitrogen and oxygen atoms in total. The maximum Gasteiger partial charge on any atom is 0.253 e. The molecular formula is C42H20B2N2S2. The average Bonchev–Trinajstić information content (AvgIpc) is 3.78.